The average molecular weight is 362 g/mol. The van der Waals surface area contributed by atoms with Crippen molar-refractivity contribution >= 4 is 5.91 Å². The molecular weight excluding hydrogens is 340 g/mol. The Balaban J connectivity index is 1.48. The molecule has 3 aromatic heterocycles. The van der Waals surface area contributed by atoms with Crippen LogP contribution in [0.2, 0.25) is 0 Å². The minimum Gasteiger partial charge on any atom is -0.336 e. The van der Waals surface area contributed by atoms with Crippen LogP contribution in [0.4, 0.5) is 0 Å². The van der Waals surface area contributed by atoms with Crippen molar-refractivity contribution in [2.45, 2.75) is 26.1 Å². The van der Waals surface area contributed by atoms with Gasteiger partial charge >= 0.3 is 0 Å². The second-order valence-corrected chi connectivity index (χ2v) is 6.87. The monoisotopic (exact) mass is 362 g/mol. The molecule has 4 heterocycles. The maximum Gasteiger partial charge on any atom is 0.274 e. The van der Waals surface area contributed by atoms with Gasteiger partial charge in [-0.2, -0.15) is 5.10 Å². The molecule has 0 aliphatic carbocycles. The van der Waals surface area contributed by atoms with Gasteiger partial charge in [-0.25, -0.2) is 0 Å². The Morgan fingerprint density at radius 2 is 1.93 bits per heavy atom. The molecular formula is C20H22N6O. The Morgan fingerprint density at radius 3 is 2.63 bits per heavy atom. The van der Waals surface area contributed by atoms with Gasteiger partial charge in [0.05, 0.1) is 0 Å². The Hall–Kier alpha value is -3.06. The molecule has 1 amide bonds. The van der Waals surface area contributed by atoms with Crippen molar-refractivity contribution in [1.82, 2.24) is 30.0 Å². The summed E-state index contributed by atoms with van der Waals surface area (Å²) >= 11 is 0. The first kappa shape index (κ1) is 17.4. The number of pyridine rings is 2. The fourth-order valence-corrected chi connectivity index (χ4v) is 3.43. The lowest BCUT2D eigenvalue weighted by Crippen LogP contribution is -2.32. The molecule has 3 aromatic rings. The molecule has 7 nitrogen and oxygen atoms in total. The van der Waals surface area contributed by atoms with Gasteiger partial charge < -0.3 is 4.90 Å². The summed E-state index contributed by atoms with van der Waals surface area (Å²) in [6.45, 7) is 2.97. The van der Waals surface area contributed by atoms with Crippen molar-refractivity contribution in [3.63, 3.8) is 0 Å². The van der Waals surface area contributed by atoms with E-state index in [1.165, 1.54) is 5.56 Å². The van der Waals surface area contributed by atoms with E-state index in [9.17, 15) is 4.79 Å². The van der Waals surface area contributed by atoms with Crippen LogP contribution in [0.3, 0.4) is 0 Å². The van der Waals surface area contributed by atoms with Gasteiger partial charge in [-0.15, -0.1) is 0 Å². The van der Waals surface area contributed by atoms with E-state index >= 15 is 0 Å². The number of carbonyl (C=O) groups excluding carboxylic acids is 1. The Kier molecular flexibility index (Phi) is 4.93. The number of fused-ring (bicyclic) bond motifs is 1. The molecule has 1 N–H and O–H groups in total. The summed E-state index contributed by atoms with van der Waals surface area (Å²) in [6.07, 6.45) is 8.04. The van der Waals surface area contributed by atoms with Crippen LogP contribution < -0.4 is 0 Å². The quantitative estimate of drug-likeness (QED) is 0.751. The van der Waals surface area contributed by atoms with Gasteiger partial charge in [0.25, 0.3) is 5.91 Å². The van der Waals surface area contributed by atoms with Gasteiger partial charge in [0.15, 0.2) is 5.69 Å². The zero-order valence-corrected chi connectivity index (χ0v) is 15.3. The first-order valence-corrected chi connectivity index (χ1v) is 9.02. The summed E-state index contributed by atoms with van der Waals surface area (Å²) in [5.41, 5.74) is 4.76. The van der Waals surface area contributed by atoms with E-state index in [2.05, 4.69) is 31.1 Å². The SMILES string of the molecule is CN(Cc1cccnc1)C(=O)c1n[nH]c2c1CN(Cc1cccnc1)CC2. The average Bonchev–Trinajstić information content (AvgIpc) is 3.12. The van der Waals surface area contributed by atoms with Crippen LogP contribution in [0, 0.1) is 0 Å². The van der Waals surface area contributed by atoms with E-state index in [1.54, 1.807) is 30.5 Å². The molecule has 7 heteroatoms. The predicted molar refractivity (Wildman–Crippen MR) is 101 cm³/mol. The lowest BCUT2D eigenvalue weighted by molar-refractivity contribution is 0.0776. The highest BCUT2D eigenvalue weighted by atomic mass is 16.2. The molecule has 0 atom stereocenters. The summed E-state index contributed by atoms with van der Waals surface area (Å²) in [7, 11) is 1.80. The summed E-state index contributed by atoms with van der Waals surface area (Å²) in [4.78, 5) is 25.2. The predicted octanol–water partition coefficient (Wildman–Crippen LogP) is 2.03. The number of aromatic nitrogens is 4. The highest BCUT2D eigenvalue weighted by molar-refractivity contribution is 5.93. The summed E-state index contributed by atoms with van der Waals surface area (Å²) in [5.74, 6) is -0.0698. The molecule has 0 fully saturated rings. The molecule has 0 radical (unpaired) electrons. The first-order chi connectivity index (χ1) is 13.2. The molecule has 0 spiro atoms. The molecule has 138 valence electrons. The lowest BCUT2D eigenvalue weighted by atomic mass is 10.0. The molecule has 0 unspecified atom stereocenters. The Morgan fingerprint density at radius 1 is 1.19 bits per heavy atom. The fourth-order valence-electron chi connectivity index (χ4n) is 3.43. The van der Waals surface area contributed by atoms with Crippen molar-refractivity contribution in [2.75, 3.05) is 13.6 Å². The van der Waals surface area contributed by atoms with Crippen LogP contribution in [-0.2, 0) is 26.1 Å². The second kappa shape index (κ2) is 7.67. The van der Waals surface area contributed by atoms with Gasteiger partial charge in [0, 0.05) is 75.7 Å². The number of carbonyl (C=O) groups is 1. The molecule has 1 aliphatic rings. The number of hydrogen-bond acceptors (Lipinski definition) is 5. The number of nitrogens with one attached hydrogen (secondary N) is 1. The molecule has 1 aliphatic heterocycles. The van der Waals surface area contributed by atoms with E-state index in [-0.39, 0.29) is 5.91 Å². The Bertz CT molecular complexity index is 909. The molecule has 27 heavy (non-hydrogen) atoms. The number of amides is 1. The third kappa shape index (κ3) is 3.88. The van der Waals surface area contributed by atoms with Gasteiger partial charge in [-0.1, -0.05) is 12.1 Å². The first-order valence-electron chi connectivity index (χ1n) is 9.02. The molecule has 0 saturated heterocycles. The standard InChI is InChI=1S/C20H22N6O/c1-25(12-15-4-2-7-21-10-15)20(27)19-17-14-26(9-6-18(17)23-24-19)13-16-5-3-8-22-11-16/h2-5,7-8,10-11H,6,9,12-14H2,1H3,(H,23,24). The van der Waals surface area contributed by atoms with E-state index < -0.39 is 0 Å². The van der Waals surface area contributed by atoms with Gasteiger partial charge in [-0.3, -0.25) is 24.8 Å². The molecule has 0 aromatic carbocycles. The smallest absolute Gasteiger partial charge is 0.274 e. The number of H-pyrrole nitrogens is 1. The van der Waals surface area contributed by atoms with Crippen LogP contribution in [0.25, 0.3) is 0 Å². The number of nitrogens with zero attached hydrogens (tertiary/aromatic N) is 5. The lowest BCUT2D eigenvalue weighted by Gasteiger charge is -2.27. The van der Waals surface area contributed by atoms with E-state index in [0.717, 1.165) is 36.3 Å². The third-order valence-electron chi connectivity index (χ3n) is 4.83. The molecule has 0 saturated carbocycles. The maximum atomic E-state index is 12.9. The van der Waals surface area contributed by atoms with Crippen LogP contribution in [0.5, 0.6) is 0 Å². The zero-order chi connectivity index (χ0) is 18.6. The van der Waals surface area contributed by atoms with Crippen molar-refractivity contribution in [3.05, 3.63) is 77.1 Å². The second-order valence-electron chi connectivity index (χ2n) is 6.87. The van der Waals surface area contributed by atoms with Gasteiger partial charge in [-0.05, 0) is 23.3 Å². The van der Waals surface area contributed by atoms with Crippen LogP contribution in [-0.4, -0.2) is 49.5 Å². The fraction of sp³-hybridized carbons (Fsp3) is 0.300. The van der Waals surface area contributed by atoms with Crippen LogP contribution in [0.1, 0.15) is 32.9 Å². The van der Waals surface area contributed by atoms with Crippen molar-refractivity contribution < 1.29 is 4.79 Å². The number of rotatable bonds is 5. The minimum absolute atomic E-state index is 0.0698. The number of aromatic amines is 1. The summed E-state index contributed by atoms with van der Waals surface area (Å²) < 4.78 is 0. The highest BCUT2D eigenvalue weighted by Gasteiger charge is 2.27. The topological polar surface area (TPSA) is 78.0 Å². The number of hydrogen-bond donors (Lipinski definition) is 1. The zero-order valence-electron chi connectivity index (χ0n) is 15.3. The van der Waals surface area contributed by atoms with E-state index in [0.29, 0.717) is 18.8 Å². The Labute approximate surface area is 158 Å². The van der Waals surface area contributed by atoms with Gasteiger partial charge in [0.1, 0.15) is 0 Å². The highest BCUT2D eigenvalue weighted by Crippen LogP contribution is 2.23. The van der Waals surface area contributed by atoms with Crippen LogP contribution in [0.15, 0.2) is 49.1 Å². The maximum absolute atomic E-state index is 12.9. The third-order valence-corrected chi connectivity index (χ3v) is 4.83. The van der Waals surface area contributed by atoms with Crippen molar-refractivity contribution in [2.24, 2.45) is 0 Å². The van der Waals surface area contributed by atoms with E-state index in [1.807, 2.05) is 24.4 Å². The van der Waals surface area contributed by atoms with E-state index in [4.69, 9.17) is 0 Å². The summed E-state index contributed by atoms with van der Waals surface area (Å²) in [6, 6.07) is 7.86. The van der Waals surface area contributed by atoms with Gasteiger partial charge in [0.2, 0.25) is 0 Å². The minimum atomic E-state index is -0.0698. The van der Waals surface area contributed by atoms with Crippen molar-refractivity contribution in [1.29, 1.82) is 0 Å². The largest absolute Gasteiger partial charge is 0.336 e. The van der Waals surface area contributed by atoms with Crippen LogP contribution >= 0.6 is 0 Å². The van der Waals surface area contributed by atoms with Crippen molar-refractivity contribution in [3.8, 4) is 0 Å². The molecule has 0 bridgehead atoms. The normalized spacial score (nSPS) is 14.0. The molecule has 4 rings (SSSR count). The summed E-state index contributed by atoms with van der Waals surface area (Å²) in [5, 5.41) is 7.39.